The summed E-state index contributed by atoms with van der Waals surface area (Å²) in [6.07, 6.45) is 6.59. The lowest BCUT2D eigenvalue weighted by Crippen LogP contribution is -2.33. The van der Waals surface area contributed by atoms with Crippen molar-refractivity contribution in [1.29, 1.82) is 0 Å². The van der Waals surface area contributed by atoms with Crippen LogP contribution in [0.15, 0.2) is 0 Å². The minimum Gasteiger partial charge on any atom is -0.383 e. The Balaban J connectivity index is 3.42. The quantitative estimate of drug-likeness (QED) is 0.444. The van der Waals surface area contributed by atoms with Gasteiger partial charge in [-0.05, 0) is 6.42 Å². The maximum atomic E-state index is 11.2. The van der Waals surface area contributed by atoms with E-state index in [1.165, 1.54) is 0 Å². The van der Waals surface area contributed by atoms with E-state index in [4.69, 9.17) is 11.2 Å². The fourth-order valence-corrected chi connectivity index (χ4v) is 1.06. The number of ether oxygens (including phenoxy) is 1. The molecule has 0 heterocycles. The summed E-state index contributed by atoms with van der Waals surface area (Å²) in [5.41, 5.74) is 0. The normalized spacial score (nSPS) is 11.8. The third-order valence-electron chi connectivity index (χ3n) is 1.98. The van der Waals surface area contributed by atoms with E-state index in [0.717, 1.165) is 6.42 Å². The summed E-state index contributed by atoms with van der Waals surface area (Å²) < 4.78 is 4.81. The van der Waals surface area contributed by atoms with Crippen molar-refractivity contribution in [2.24, 2.45) is 0 Å². The van der Waals surface area contributed by atoms with Gasteiger partial charge in [0.05, 0.1) is 12.6 Å². The van der Waals surface area contributed by atoms with Gasteiger partial charge in [0.15, 0.2) is 0 Å². The highest BCUT2D eigenvalue weighted by molar-refractivity contribution is 5.76. The molecule has 0 aliphatic carbocycles. The van der Waals surface area contributed by atoms with Gasteiger partial charge in [0, 0.05) is 26.6 Å². The first-order valence-electron chi connectivity index (χ1n) is 5.19. The van der Waals surface area contributed by atoms with E-state index >= 15 is 0 Å². The summed E-state index contributed by atoms with van der Waals surface area (Å²) in [5, 5.41) is 5.85. The monoisotopic (exact) mass is 212 g/mol. The van der Waals surface area contributed by atoms with Gasteiger partial charge in [-0.1, -0.05) is 12.8 Å². The minimum atomic E-state index is 0.0198. The number of hydrogen-bond donors (Lipinski definition) is 2. The van der Waals surface area contributed by atoms with Crippen LogP contribution < -0.4 is 10.6 Å². The molecule has 2 N–H and O–H groups in total. The largest absolute Gasteiger partial charge is 0.383 e. The van der Waals surface area contributed by atoms with Gasteiger partial charge in [-0.25, -0.2) is 0 Å². The van der Waals surface area contributed by atoms with Crippen LogP contribution in [0.5, 0.6) is 0 Å². The molecule has 0 spiro atoms. The zero-order valence-electron chi connectivity index (χ0n) is 9.51. The molecule has 0 saturated carbocycles. The second kappa shape index (κ2) is 9.50. The van der Waals surface area contributed by atoms with Gasteiger partial charge in [0.2, 0.25) is 5.91 Å². The Morgan fingerprint density at radius 2 is 2.27 bits per heavy atom. The van der Waals surface area contributed by atoms with Crippen molar-refractivity contribution in [3.63, 3.8) is 0 Å². The predicted molar refractivity (Wildman–Crippen MR) is 60.4 cm³/mol. The summed E-state index contributed by atoms with van der Waals surface area (Å²) in [4.78, 5) is 11.2. The average Bonchev–Trinajstić information content (AvgIpc) is 2.25. The van der Waals surface area contributed by atoms with Crippen LogP contribution >= 0.6 is 0 Å². The molecule has 86 valence electrons. The molecular formula is C11H20N2O2. The number of methoxy groups -OCH3 is 1. The zero-order chi connectivity index (χ0) is 11.5. The van der Waals surface area contributed by atoms with Gasteiger partial charge in [0.1, 0.15) is 0 Å². The number of terminal acetylenes is 1. The van der Waals surface area contributed by atoms with Crippen molar-refractivity contribution in [2.45, 2.75) is 25.8 Å². The second-order valence-corrected chi connectivity index (χ2v) is 3.17. The van der Waals surface area contributed by atoms with Gasteiger partial charge < -0.3 is 15.4 Å². The van der Waals surface area contributed by atoms with Gasteiger partial charge in [0.25, 0.3) is 0 Å². The highest BCUT2D eigenvalue weighted by Crippen LogP contribution is 1.88. The third-order valence-corrected chi connectivity index (χ3v) is 1.98. The van der Waals surface area contributed by atoms with E-state index in [9.17, 15) is 4.79 Å². The molecule has 0 aromatic rings. The first kappa shape index (κ1) is 13.9. The van der Waals surface area contributed by atoms with Crippen molar-refractivity contribution in [3.05, 3.63) is 0 Å². The number of carbonyl (C=O) groups is 1. The van der Waals surface area contributed by atoms with E-state index in [1.807, 2.05) is 6.92 Å². The lowest BCUT2D eigenvalue weighted by Gasteiger charge is -2.10. The SMILES string of the molecule is C#CC(CC)NCCC(=O)NCCOC. The molecule has 0 aromatic carbocycles. The van der Waals surface area contributed by atoms with Gasteiger partial charge in [-0.3, -0.25) is 4.79 Å². The van der Waals surface area contributed by atoms with Crippen LogP contribution in [0.3, 0.4) is 0 Å². The molecule has 1 atom stereocenters. The molecule has 0 aromatic heterocycles. The molecule has 0 aliphatic rings. The van der Waals surface area contributed by atoms with E-state index in [2.05, 4.69) is 16.6 Å². The third kappa shape index (κ3) is 7.98. The van der Waals surface area contributed by atoms with E-state index < -0.39 is 0 Å². The average molecular weight is 212 g/mol. The fourth-order valence-electron chi connectivity index (χ4n) is 1.06. The van der Waals surface area contributed by atoms with E-state index in [1.54, 1.807) is 7.11 Å². The first-order valence-corrected chi connectivity index (χ1v) is 5.19. The smallest absolute Gasteiger partial charge is 0.221 e. The Kier molecular flexibility index (Phi) is 8.84. The Morgan fingerprint density at radius 1 is 1.53 bits per heavy atom. The Labute approximate surface area is 91.8 Å². The lowest BCUT2D eigenvalue weighted by atomic mass is 10.2. The molecule has 0 radical (unpaired) electrons. The molecule has 0 bridgehead atoms. The minimum absolute atomic E-state index is 0.0198. The number of nitrogens with one attached hydrogen (secondary N) is 2. The van der Waals surface area contributed by atoms with Crippen molar-refractivity contribution in [2.75, 3.05) is 26.8 Å². The first-order chi connectivity index (χ1) is 7.24. The predicted octanol–water partition coefficient (Wildman–Crippen LogP) is 0.141. The van der Waals surface area contributed by atoms with Gasteiger partial charge >= 0.3 is 0 Å². The number of hydrogen-bond acceptors (Lipinski definition) is 3. The fraction of sp³-hybridized carbons (Fsp3) is 0.727. The van der Waals surface area contributed by atoms with Crippen molar-refractivity contribution < 1.29 is 9.53 Å². The molecule has 0 saturated heterocycles. The zero-order valence-corrected chi connectivity index (χ0v) is 9.51. The lowest BCUT2D eigenvalue weighted by molar-refractivity contribution is -0.121. The van der Waals surface area contributed by atoms with Crippen LogP contribution in [0.25, 0.3) is 0 Å². The Hall–Kier alpha value is -1.05. The van der Waals surface area contributed by atoms with Crippen LogP contribution in [0.4, 0.5) is 0 Å². The topological polar surface area (TPSA) is 50.4 Å². The maximum Gasteiger partial charge on any atom is 0.221 e. The number of rotatable bonds is 8. The number of amides is 1. The van der Waals surface area contributed by atoms with Crippen molar-refractivity contribution in [3.8, 4) is 12.3 Å². The molecule has 1 amide bonds. The van der Waals surface area contributed by atoms with Crippen molar-refractivity contribution in [1.82, 2.24) is 10.6 Å². The Bertz CT molecular complexity index is 211. The summed E-state index contributed by atoms with van der Waals surface area (Å²) in [6.45, 7) is 3.72. The molecular weight excluding hydrogens is 192 g/mol. The Morgan fingerprint density at radius 3 is 2.80 bits per heavy atom. The molecule has 4 nitrogen and oxygen atoms in total. The molecule has 1 unspecified atom stereocenters. The van der Waals surface area contributed by atoms with Crippen LogP contribution in [0.2, 0.25) is 0 Å². The summed E-state index contributed by atoms with van der Waals surface area (Å²) in [5.74, 6) is 2.63. The summed E-state index contributed by atoms with van der Waals surface area (Å²) in [6, 6.07) is 0.0665. The van der Waals surface area contributed by atoms with E-state index in [0.29, 0.717) is 26.1 Å². The molecule has 0 aliphatic heterocycles. The number of carbonyl (C=O) groups excluding carboxylic acids is 1. The highest BCUT2D eigenvalue weighted by Gasteiger charge is 2.03. The van der Waals surface area contributed by atoms with Gasteiger partial charge in [-0.15, -0.1) is 6.42 Å². The molecule has 0 rings (SSSR count). The van der Waals surface area contributed by atoms with Crippen LogP contribution in [-0.2, 0) is 9.53 Å². The van der Waals surface area contributed by atoms with Crippen LogP contribution in [-0.4, -0.2) is 38.8 Å². The molecule has 4 heteroatoms. The molecule has 15 heavy (non-hydrogen) atoms. The van der Waals surface area contributed by atoms with Crippen LogP contribution in [0.1, 0.15) is 19.8 Å². The van der Waals surface area contributed by atoms with Crippen LogP contribution in [0, 0.1) is 12.3 Å². The van der Waals surface area contributed by atoms with E-state index in [-0.39, 0.29) is 11.9 Å². The highest BCUT2D eigenvalue weighted by atomic mass is 16.5. The maximum absolute atomic E-state index is 11.2. The standard InChI is InChI=1S/C11H20N2O2/c1-4-10(5-2)12-7-6-11(14)13-8-9-15-3/h1,10,12H,5-9H2,2-3H3,(H,13,14). The van der Waals surface area contributed by atoms with Gasteiger partial charge in [-0.2, -0.15) is 0 Å². The second-order valence-electron chi connectivity index (χ2n) is 3.17. The summed E-state index contributed by atoms with van der Waals surface area (Å²) >= 11 is 0. The van der Waals surface area contributed by atoms with Crippen molar-refractivity contribution >= 4 is 5.91 Å². The molecule has 0 fully saturated rings. The summed E-state index contributed by atoms with van der Waals surface area (Å²) in [7, 11) is 1.60.